The summed E-state index contributed by atoms with van der Waals surface area (Å²) in [6.07, 6.45) is 11.8. The smallest absolute Gasteiger partial charge is 0.317 e. The molecule has 0 radical (unpaired) electrons. The molecule has 0 atom stereocenters. The summed E-state index contributed by atoms with van der Waals surface area (Å²) in [5.41, 5.74) is 2.37. The lowest BCUT2D eigenvalue weighted by atomic mass is 9.91. The number of unbranched alkanes of at least 4 members (excludes halogenated alkanes) is 8. The van der Waals surface area contributed by atoms with Crippen LogP contribution in [0.15, 0.2) is 60.7 Å². The highest BCUT2D eigenvalue weighted by molar-refractivity contribution is 5.69. The molecule has 0 aliphatic heterocycles. The summed E-state index contributed by atoms with van der Waals surface area (Å²) in [5, 5.41) is 23.0. The summed E-state index contributed by atoms with van der Waals surface area (Å²) in [5.74, 6) is -1.43. The molecule has 194 valence electrons. The maximum Gasteiger partial charge on any atom is 0.317 e. The molecule has 4 N–H and O–H groups in total. The second-order valence-electron chi connectivity index (χ2n) is 8.80. The van der Waals surface area contributed by atoms with Crippen LogP contribution in [0, 0.1) is 0 Å². The highest BCUT2D eigenvalue weighted by Gasteiger charge is 2.13. The van der Waals surface area contributed by atoms with E-state index >= 15 is 0 Å². The van der Waals surface area contributed by atoms with Crippen molar-refractivity contribution < 1.29 is 19.8 Å². The van der Waals surface area contributed by atoms with Crippen LogP contribution in [0.3, 0.4) is 0 Å². The van der Waals surface area contributed by atoms with Gasteiger partial charge < -0.3 is 20.8 Å². The van der Waals surface area contributed by atoms with Crippen LogP contribution in [0.2, 0.25) is 0 Å². The van der Waals surface area contributed by atoms with Crippen molar-refractivity contribution in [1.29, 1.82) is 0 Å². The second kappa shape index (κ2) is 20.7. The minimum atomic E-state index is -0.833. The van der Waals surface area contributed by atoms with Gasteiger partial charge in [-0.1, -0.05) is 119 Å². The molecule has 35 heavy (non-hydrogen) atoms. The summed E-state index contributed by atoms with van der Waals surface area (Å²) in [6.45, 7) is 3.76. The van der Waals surface area contributed by atoms with Crippen LogP contribution < -0.4 is 10.6 Å². The zero-order chi connectivity index (χ0) is 25.6. The third-order valence-electron chi connectivity index (χ3n) is 5.76. The number of benzene rings is 2. The summed E-state index contributed by atoms with van der Waals surface area (Å²) in [4.78, 5) is 20.8. The van der Waals surface area contributed by atoms with E-state index in [4.69, 9.17) is 10.2 Å². The standard InChI is InChI=1S/C16H17NO2.C13H27NO2/c18-16(19)12-17-11-15(13-7-3-1-4-8-13)14-9-5-2-6-10-14;1-2-3-4-5-6-7-8-9-10-11-14-12-13(15)16/h1-10,15,17H,11-12H2,(H,18,19);14H,2-12H2,1H3,(H,15,16). The molecule has 0 spiro atoms. The zero-order valence-corrected chi connectivity index (χ0v) is 21.3. The van der Waals surface area contributed by atoms with Gasteiger partial charge in [0.1, 0.15) is 0 Å². The molecule has 6 nitrogen and oxygen atoms in total. The van der Waals surface area contributed by atoms with Gasteiger partial charge in [0.05, 0.1) is 13.1 Å². The molecule has 2 aromatic rings. The Kier molecular flexibility index (Phi) is 17.9. The normalized spacial score (nSPS) is 10.6. The van der Waals surface area contributed by atoms with E-state index in [1.54, 1.807) is 0 Å². The fraction of sp³-hybridized carbons (Fsp3) is 0.517. The van der Waals surface area contributed by atoms with Gasteiger partial charge in [-0.15, -0.1) is 0 Å². The lowest BCUT2D eigenvalue weighted by molar-refractivity contribution is -0.136. The molecule has 0 unspecified atom stereocenters. The molecule has 2 rings (SSSR count). The molecular weight excluding hydrogens is 440 g/mol. The number of hydrogen-bond donors (Lipinski definition) is 4. The molecule has 0 fully saturated rings. The number of aliphatic carboxylic acids is 2. The van der Waals surface area contributed by atoms with Crippen LogP contribution in [-0.2, 0) is 9.59 Å². The molecule has 0 heterocycles. The van der Waals surface area contributed by atoms with E-state index in [0.29, 0.717) is 6.54 Å². The lowest BCUT2D eigenvalue weighted by Crippen LogP contribution is -2.27. The number of carboxylic acid groups (broad SMARTS) is 2. The van der Waals surface area contributed by atoms with Crippen LogP contribution in [0.25, 0.3) is 0 Å². The van der Waals surface area contributed by atoms with E-state index in [0.717, 1.165) is 13.0 Å². The van der Waals surface area contributed by atoms with Gasteiger partial charge >= 0.3 is 11.9 Å². The third-order valence-corrected chi connectivity index (χ3v) is 5.76. The first-order valence-electron chi connectivity index (χ1n) is 13.0. The molecule has 0 saturated carbocycles. The molecular formula is C29H44N2O4. The second-order valence-corrected chi connectivity index (χ2v) is 8.80. The van der Waals surface area contributed by atoms with Gasteiger partial charge in [-0.25, -0.2) is 0 Å². The summed E-state index contributed by atoms with van der Waals surface area (Å²) in [7, 11) is 0. The Morgan fingerprint density at radius 3 is 1.54 bits per heavy atom. The van der Waals surface area contributed by atoms with Crippen molar-refractivity contribution in [3.63, 3.8) is 0 Å². The van der Waals surface area contributed by atoms with Gasteiger partial charge in [0.25, 0.3) is 0 Å². The minimum absolute atomic E-state index is 0.0177. The van der Waals surface area contributed by atoms with Crippen molar-refractivity contribution in [2.24, 2.45) is 0 Å². The number of rotatable bonds is 18. The molecule has 0 aliphatic rings. The SMILES string of the molecule is CCCCCCCCCCCNCC(=O)O.O=C(O)CNCC(c1ccccc1)c1ccccc1. The van der Waals surface area contributed by atoms with E-state index in [2.05, 4.69) is 41.8 Å². The Morgan fingerprint density at radius 1 is 0.657 bits per heavy atom. The van der Waals surface area contributed by atoms with Gasteiger partial charge in [-0.2, -0.15) is 0 Å². The molecule has 6 heteroatoms. The molecule has 0 aliphatic carbocycles. The number of nitrogens with one attached hydrogen (secondary N) is 2. The monoisotopic (exact) mass is 484 g/mol. The first kappa shape index (κ1) is 30.3. The van der Waals surface area contributed by atoms with Crippen molar-refractivity contribution >= 4 is 11.9 Å². The molecule has 0 saturated heterocycles. The minimum Gasteiger partial charge on any atom is -0.480 e. The average molecular weight is 485 g/mol. The Hall–Kier alpha value is -2.70. The summed E-state index contributed by atoms with van der Waals surface area (Å²) < 4.78 is 0. The first-order chi connectivity index (χ1) is 17.0. The van der Waals surface area contributed by atoms with E-state index < -0.39 is 11.9 Å². The van der Waals surface area contributed by atoms with Gasteiger partial charge in [-0.3, -0.25) is 9.59 Å². The van der Waals surface area contributed by atoms with Crippen LogP contribution in [0.4, 0.5) is 0 Å². The number of hydrogen-bond acceptors (Lipinski definition) is 4. The van der Waals surface area contributed by atoms with E-state index in [1.165, 1.54) is 62.5 Å². The van der Waals surface area contributed by atoms with Crippen molar-refractivity contribution in [2.75, 3.05) is 26.2 Å². The summed E-state index contributed by atoms with van der Waals surface area (Å²) >= 11 is 0. The molecule has 2 aromatic carbocycles. The van der Waals surface area contributed by atoms with Gasteiger partial charge in [0.15, 0.2) is 0 Å². The average Bonchev–Trinajstić information content (AvgIpc) is 2.86. The molecule has 0 bridgehead atoms. The van der Waals surface area contributed by atoms with Crippen molar-refractivity contribution in [2.45, 2.75) is 70.6 Å². The van der Waals surface area contributed by atoms with Gasteiger partial charge in [-0.05, 0) is 24.1 Å². The van der Waals surface area contributed by atoms with E-state index in [9.17, 15) is 9.59 Å². The van der Waals surface area contributed by atoms with Gasteiger partial charge in [0.2, 0.25) is 0 Å². The predicted molar refractivity (Wildman–Crippen MR) is 143 cm³/mol. The maximum atomic E-state index is 10.6. The Labute approximate surface area is 211 Å². The topological polar surface area (TPSA) is 98.7 Å². The highest BCUT2D eigenvalue weighted by Crippen LogP contribution is 2.23. The van der Waals surface area contributed by atoms with Crippen LogP contribution in [0.1, 0.15) is 81.8 Å². The van der Waals surface area contributed by atoms with Crippen LogP contribution in [0.5, 0.6) is 0 Å². The van der Waals surface area contributed by atoms with Crippen molar-refractivity contribution in [1.82, 2.24) is 10.6 Å². The largest absolute Gasteiger partial charge is 0.480 e. The molecule has 0 amide bonds. The van der Waals surface area contributed by atoms with Crippen molar-refractivity contribution in [3.8, 4) is 0 Å². The van der Waals surface area contributed by atoms with E-state index in [1.807, 2.05) is 36.4 Å². The van der Waals surface area contributed by atoms with Gasteiger partial charge in [0, 0.05) is 12.5 Å². The highest BCUT2D eigenvalue weighted by atomic mass is 16.4. The zero-order valence-electron chi connectivity index (χ0n) is 21.3. The van der Waals surface area contributed by atoms with Crippen LogP contribution >= 0.6 is 0 Å². The molecule has 0 aromatic heterocycles. The predicted octanol–water partition coefficient (Wildman–Crippen LogP) is 5.68. The Morgan fingerprint density at radius 2 is 1.09 bits per heavy atom. The summed E-state index contributed by atoms with van der Waals surface area (Å²) in [6, 6.07) is 20.3. The lowest BCUT2D eigenvalue weighted by Gasteiger charge is -2.18. The third kappa shape index (κ3) is 16.5. The Bertz CT molecular complexity index is 744. The number of carbonyl (C=O) groups is 2. The Balaban J connectivity index is 0.000000357. The first-order valence-corrected chi connectivity index (χ1v) is 13.0. The van der Waals surface area contributed by atoms with Crippen molar-refractivity contribution in [3.05, 3.63) is 71.8 Å². The maximum absolute atomic E-state index is 10.6. The quantitative estimate of drug-likeness (QED) is 0.203. The number of carboxylic acids is 2. The van der Waals surface area contributed by atoms with E-state index in [-0.39, 0.29) is 19.0 Å². The fourth-order valence-electron chi connectivity index (χ4n) is 3.88. The van der Waals surface area contributed by atoms with Crippen LogP contribution in [-0.4, -0.2) is 48.3 Å². The fourth-order valence-corrected chi connectivity index (χ4v) is 3.88.